The molecule has 1 aromatic carbocycles. The SMILES string of the molecule is CN=C(NCCC(F)(F)F)N(C)Cc1ccccc1Cl. The van der Waals surface area contributed by atoms with Gasteiger partial charge in [0.2, 0.25) is 0 Å². The largest absolute Gasteiger partial charge is 0.390 e. The number of hydrogen-bond donors (Lipinski definition) is 1. The zero-order chi connectivity index (χ0) is 15.2. The van der Waals surface area contributed by atoms with Crippen LogP contribution in [0.2, 0.25) is 5.02 Å². The van der Waals surface area contributed by atoms with E-state index in [9.17, 15) is 13.2 Å². The topological polar surface area (TPSA) is 27.6 Å². The summed E-state index contributed by atoms with van der Waals surface area (Å²) in [7, 11) is 3.27. The number of guanidine groups is 1. The van der Waals surface area contributed by atoms with Crippen molar-refractivity contribution < 1.29 is 13.2 Å². The average Bonchev–Trinajstić information content (AvgIpc) is 2.36. The molecule has 0 radical (unpaired) electrons. The Morgan fingerprint density at radius 3 is 2.55 bits per heavy atom. The molecule has 7 heteroatoms. The fourth-order valence-electron chi connectivity index (χ4n) is 1.66. The maximum Gasteiger partial charge on any atom is 0.390 e. The Labute approximate surface area is 121 Å². The second-order valence-corrected chi connectivity index (χ2v) is 4.69. The minimum Gasteiger partial charge on any atom is -0.356 e. The summed E-state index contributed by atoms with van der Waals surface area (Å²) in [6, 6.07) is 7.31. The van der Waals surface area contributed by atoms with Gasteiger partial charge in [0.1, 0.15) is 0 Å². The van der Waals surface area contributed by atoms with Crippen LogP contribution in [0.25, 0.3) is 0 Å². The van der Waals surface area contributed by atoms with Crippen molar-refractivity contribution in [2.75, 3.05) is 20.6 Å². The molecule has 0 atom stereocenters. The Hall–Kier alpha value is -1.43. The molecule has 1 N–H and O–H groups in total. The van der Waals surface area contributed by atoms with Crippen molar-refractivity contribution in [3.8, 4) is 0 Å². The fourth-order valence-corrected chi connectivity index (χ4v) is 1.85. The second kappa shape index (κ2) is 7.38. The quantitative estimate of drug-likeness (QED) is 0.683. The summed E-state index contributed by atoms with van der Waals surface area (Å²) < 4.78 is 36.3. The first-order valence-electron chi connectivity index (χ1n) is 6.05. The summed E-state index contributed by atoms with van der Waals surface area (Å²) >= 11 is 6.04. The van der Waals surface area contributed by atoms with Gasteiger partial charge < -0.3 is 10.2 Å². The number of rotatable bonds is 4. The molecule has 0 bridgehead atoms. The summed E-state index contributed by atoms with van der Waals surface area (Å²) in [5.41, 5.74) is 0.885. The lowest BCUT2D eigenvalue weighted by Crippen LogP contribution is -2.39. The summed E-state index contributed by atoms with van der Waals surface area (Å²) in [4.78, 5) is 5.67. The maximum absolute atomic E-state index is 12.1. The minimum absolute atomic E-state index is 0.205. The van der Waals surface area contributed by atoms with Crippen LogP contribution in [0.3, 0.4) is 0 Å². The standard InChI is InChI=1S/C13H17ClF3N3/c1-18-12(19-8-7-13(15,16)17)20(2)9-10-5-3-4-6-11(10)14/h3-6H,7-9H2,1-2H3,(H,18,19). The molecule has 20 heavy (non-hydrogen) atoms. The Kier molecular flexibility index (Phi) is 6.13. The predicted octanol–water partition coefficient (Wildman–Crippen LogP) is 3.30. The van der Waals surface area contributed by atoms with E-state index in [1.165, 1.54) is 7.05 Å². The van der Waals surface area contributed by atoms with Crippen molar-refractivity contribution in [2.45, 2.75) is 19.1 Å². The van der Waals surface area contributed by atoms with Gasteiger partial charge in [-0.3, -0.25) is 4.99 Å². The molecule has 0 fully saturated rings. The molecule has 1 aromatic rings. The molecule has 0 saturated carbocycles. The van der Waals surface area contributed by atoms with E-state index < -0.39 is 12.6 Å². The van der Waals surface area contributed by atoms with Crippen LogP contribution < -0.4 is 5.32 Å². The lowest BCUT2D eigenvalue weighted by Gasteiger charge is -2.22. The molecule has 112 valence electrons. The van der Waals surface area contributed by atoms with Crippen LogP contribution in [-0.4, -0.2) is 37.7 Å². The average molecular weight is 308 g/mol. The van der Waals surface area contributed by atoms with Crippen molar-refractivity contribution >= 4 is 17.6 Å². The Morgan fingerprint density at radius 1 is 1.35 bits per heavy atom. The van der Waals surface area contributed by atoms with Crippen LogP contribution in [0.5, 0.6) is 0 Å². The van der Waals surface area contributed by atoms with Gasteiger partial charge in [0.25, 0.3) is 0 Å². The van der Waals surface area contributed by atoms with Gasteiger partial charge in [-0.2, -0.15) is 13.2 Å². The van der Waals surface area contributed by atoms with Crippen LogP contribution in [-0.2, 0) is 6.54 Å². The highest BCUT2D eigenvalue weighted by Gasteiger charge is 2.26. The summed E-state index contributed by atoms with van der Waals surface area (Å²) in [6.45, 7) is 0.258. The lowest BCUT2D eigenvalue weighted by molar-refractivity contribution is -0.132. The van der Waals surface area contributed by atoms with Crippen LogP contribution >= 0.6 is 11.6 Å². The van der Waals surface area contributed by atoms with E-state index in [-0.39, 0.29) is 6.54 Å². The normalized spacial score (nSPS) is 12.4. The molecule has 1 rings (SSSR count). The minimum atomic E-state index is -4.17. The molecule has 0 heterocycles. The van der Waals surface area contributed by atoms with Crippen molar-refractivity contribution in [3.63, 3.8) is 0 Å². The molecular weight excluding hydrogens is 291 g/mol. The van der Waals surface area contributed by atoms with Crippen LogP contribution in [0.4, 0.5) is 13.2 Å². The molecule has 0 unspecified atom stereocenters. The number of benzene rings is 1. The number of halogens is 4. The van der Waals surface area contributed by atoms with Gasteiger partial charge in [0, 0.05) is 32.2 Å². The first-order valence-corrected chi connectivity index (χ1v) is 6.43. The van der Waals surface area contributed by atoms with Gasteiger partial charge in [0.05, 0.1) is 6.42 Å². The molecule has 0 aromatic heterocycles. The highest BCUT2D eigenvalue weighted by molar-refractivity contribution is 6.31. The second-order valence-electron chi connectivity index (χ2n) is 4.29. The molecule has 0 aliphatic rings. The number of nitrogens with one attached hydrogen (secondary N) is 1. The molecule has 0 aliphatic heterocycles. The van der Waals surface area contributed by atoms with E-state index in [2.05, 4.69) is 10.3 Å². The number of hydrogen-bond acceptors (Lipinski definition) is 1. The predicted molar refractivity (Wildman–Crippen MR) is 75.0 cm³/mol. The van der Waals surface area contributed by atoms with Crippen LogP contribution in [0.1, 0.15) is 12.0 Å². The summed E-state index contributed by atoms with van der Waals surface area (Å²) in [5.74, 6) is 0.397. The van der Waals surface area contributed by atoms with Gasteiger partial charge in [-0.05, 0) is 11.6 Å². The van der Waals surface area contributed by atoms with E-state index in [1.807, 2.05) is 18.2 Å². The third kappa shape index (κ3) is 5.69. The molecule has 0 amide bonds. The van der Waals surface area contributed by atoms with E-state index in [0.29, 0.717) is 17.5 Å². The third-order valence-electron chi connectivity index (χ3n) is 2.63. The number of aliphatic imine (C=N–C) groups is 1. The van der Waals surface area contributed by atoms with Crippen LogP contribution in [0.15, 0.2) is 29.3 Å². The van der Waals surface area contributed by atoms with Crippen molar-refractivity contribution in [3.05, 3.63) is 34.9 Å². The van der Waals surface area contributed by atoms with Crippen LogP contribution in [0, 0.1) is 0 Å². The van der Waals surface area contributed by atoms with Gasteiger partial charge >= 0.3 is 6.18 Å². The third-order valence-corrected chi connectivity index (χ3v) is 3.00. The molecule has 0 aliphatic carbocycles. The fraction of sp³-hybridized carbons (Fsp3) is 0.462. The van der Waals surface area contributed by atoms with Gasteiger partial charge in [0.15, 0.2) is 5.96 Å². The summed E-state index contributed by atoms with van der Waals surface area (Å²) in [5, 5.41) is 3.29. The van der Waals surface area contributed by atoms with E-state index >= 15 is 0 Å². The van der Waals surface area contributed by atoms with E-state index in [1.54, 1.807) is 18.0 Å². The molecule has 0 saturated heterocycles. The molecular formula is C13H17ClF3N3. The highest BCUT2D eigenvalue weighted by Crippen LogP contribution is 2.18. The maximum atomic E-state index is 12.1. The molecule has 3 nitrogen and oxygen atoms in total. The zero-order valence-corrected chi connectivity index (χ0v) is 12.1. The number of alkyl halides is 3. The van der Waals surface area contributed by atoms with Gasteiger partial charge in [-0.25, -0.2) is 0 Å². The molecule has 0 spiro atoms. The first kappa shape index (κ1) is 16.6. The lowest BCUT2D eigenvalue weighted by atomic mass is 10.2. The van der Waals surface area contributed by atoms with E-state index in [0.717, 1.165) is 5.56 Å². The highest BCUT2D eigenvalue weighted by atomic mass is 35.5. The first-order chi connectivity index (χ1) is 9.33. The van der Waals surface area contributed by atoms with Gasteiger partial charge in [-0.15, -0.1) is 0 Å². The van der Waals surface area contributed by atoms with Gasteiger partial charge in [-0.1, -0.05) is 29.8 Å². The summed E-state index contributed by atoms with van der Waals surface area (Å²) in [6.07, 6.45) is -5.07. The number of nitrogens with zero attached hydrogens (tertiary/aromatic N) is 2. The Bertz CT molecular complexity index is 460. The monoisotopic (exact) mass is 307 g/mol. The smallest absolute Gasteiger partial charge is 0.356 e. The van der Waals surface area contributed by atoms with Crippen molar-refractivity contribution in [1.82, 2.24) is 10.2 Å². The Morgan fingerprint density at radius 2 is 2.00 bits per heavy atom. The van der Waals surface area contributed by atoms with Crippen molar-refractivity contribution in [2.24, 2.45) is 4.99 Å². The van der Waals surface area contributed by atoms with E-state index in [4.69, 9.17) is 11.6 Å². The zero-order valence-electron chi connectivity index (χ0n) is 11.3. The Balaban J connectivity index is 2.56. The van der Waals surface area contributed by atoms with Crippen molar-refractivity contribution in [1.29, 1.82) is 0 Å².